The minimum Gasteiger partial charge on any atom is -0.387 e. The normalized spacial score (nSPS) is 20.8. The van der Waals surface area contributed by atoms with Gasteiger partial charge in [0.05, 0.1) is 6.10 Å². The molecule has 0 saturated heterocycles. The molecule has 0 amide bonds. The summed E-state index contributed by atoms with van der Waals surface area (Å²) >= 11 is 0. The molecule has 2 nitrogen and oxygen atoms in total. The highest BCUT2D eigenvalue weighted by molar-refractivity contribution is 5.27. The van der Waals surface area contributed by atoms with E-state index in [1.54, 1.807) is 0 Å². The number of aliphatic hydroxyl groups excluding tert-OH is 1. The molecule has 1 aromatic rings. The summed E-state index contributed by atoms with van der Waals surface area (Å²) in [5.41, 5.74) is 2.38. The molecule has 0 spiro atoms. The number of benzene rings is 1. The van der Waals surface area contributed by atoms with E-state index in [1.165, 1.54) is 31.2 Å². The van der Waals surface area contributed by atoms with Gasteiger partial charge in [-0.2, -0.15) is 0 Å². The van der Waals surface area contributed by atoms with E-state index in [2.05, 4.69) is 50.4 Å². The smallest absolute Gasteiger partial charge is 0.0940 e. The molecular formula is C18H29NO. The standard InChI is InChI=1S/C18H29NO/c1-4-13(2)15-9-11-16(12-10-15)18(20)14(3)19-17-7-5-6-8-17/h9-14,17-20H,4-8H2,1-3H3. The summed E-state index contributed by atoms with van der Waals surface area (Å²) in [6.07, 6.45) is 5.89. The fourth-order valence-corrected chi connectivity index (χ4v) is 3.10. The molecule has 2 N–H and O–H groups in total. The number of aliphatic hydroxyl groups is 1. The number of nitrogens with one attached hydrogen (secondary N) is 1. The number of rotatable bonds is 6. The predicted octanol–water partition coefficient (Wildman–Crippen LogP) is 4.15. The molecular weight excluding hydrogens is 246 g/mol. The number of hydrogen-bond donors (Lipinski definition) is 2. The van der Waals surface area contributed by atoms with Crippen molar-refractivity contribution in [2.75, 3.05) is 0 Å². The van der Waals surface area contributed by atoms with E-state index in [0.717, 1.165) is 12.0 Å². The first-order chi connectivity index (χ1) is 9.61. The zero-order chi connectivity index (χ0) is 14.5. The minimum absolute atomic E-state index is 0.118. The SMILES string of the molecule is CCC(C)c1ccc(C(O)C(C)NC2CCCC2)cc1. The van der Waals surface area contributed by atoms with Gasteiger partial charge in [0.15, 0.2) is 0 Å². The maximum absolute atomic E-state index is 10.5. The van der Waals surface area contributed by atoms with Crippen molar-refractivity contribution in [3.8, 4) is 0 Å². The Bertz CT molecular complexity index is 394. The minimum atomic E-state index is -0.415. The van der Waals surface area contributed by atoms with E-state index >= 15 is 0 Å². The van der Waals surface area contributed by atoms with E-state index < -0.39 is 6.10 Å². The van der Waals surface area contributed by atoms with Crippen LogP contribution in [0.5, 0.6) is 0 Å². The second-order valence-electron chi connectivity index (χ2n) is 6.36. The monoisotopic (exact) mass is 275 g/mol. The van der Waals surface area contributed by atoms with E-state index in [9.17, 15) is 5.11 Å². The summed E-state index contributed by atoms with van der Waals surface area (Å²) in [5, 5.41) is 14.0. The second kappa shape index (κ2) is 7.24. The van der Waals surface area contributed by atoms with Crippen LogP contribution in [0.2, 0.25) is 0 Å². The van der Waals surface area contributed by atoms with Gasteiger partial charge in [-0.1, -0.05) is 51.0 Å². The van der Waals surface area contributed by atoms with Crippen molar-refractivity contribution in [3.05, 3.63) is 35.4 Å². The van der Waals surface area contributed by atoms with Gasteiger partial charge in [0.2, 0.25) is 0 Å². The lowest BCUT2D eigenvalue weighted by atomic mass is 9.95. The highest BCUT2D eigenvalue weighted by Gasteiger charge is 2.22. The van der Waals surface area contributed by atoms with Gasteiger partial charge in [0.25, 0.3) is 0 Å². The van der Waals surface area contributed by atoms with Crippen molar-refractivity contribution in [2.24, 2.45) is 0 Å². The van der Waals surface area contributed by atoms with Crippen LogP contribution in [0.15, 0.2) is 24.3 Å². The molecule has 0 aliphatic heterocycles. The van der Waals surface area contributed by atoms with Crippen LogP contribution in [-0.2, 0) is 0 Å². The Labute approximate surface area is 123 Å². The lowest BCUT2D eigenvalue weighted by molar-refractivity contribution is 0.129. The highest BCUT2D eigenvalue weighted by atomic mass is 16.3. The van der Waals surface area contributed by atoms with Crippen LogP contribution in [0.1, 0.15) is 76.0 Å². The molecule has 2 heteroatoms. The van der Waals surface area contributed by atoms with E-state index in [4.69, 9.17) is 0 Å². The second-order valence-corrected chi connectivity index (χ2v) is 6.36. The van der Waals surface area contributed by atoms with Crippen molar-refractivity contribution in [3.63, 3.8) is 0 Å². The summed E-state index contributed by atoms with van der Waals surface area (Å²) < 4.78 is 0. The summed E-state index contributed by atoms with van der Waals surface area (Å²) in [6, 6.07) is 9.20. The zero-order valence-corrected chi connectivity index (χ0v) is 13.1. The van der Waals surface area contributed by atoms with Crippen LogP contribution in [0.25, 0.3) is 0 Å². The maximum atomic E-state index is 10.5. The fraction of sp³-hybridized carbons (Fsp3) is 0.667. The third kappa shape index (κ3) is 3.83. The molecule has 2 rings (SSSR count). The predicted molar refractivity (Wildman–Crippen MR) is 85.0 cm³/mol. The van der Waals surface area contributed by atoms with Gasteiger partial charge >= 0.3 is 0 Å². The van der Waals surface area contributed by atoms with Crippen LogP contribution >= 0.6 is 0 Å². The third-order valence-electron chi connectivity index (χ3n) is 4.79. The van der Waals surface area contributed by atoms with Crippen molar-refractivity contribution >= 4 is 0 Å². The van der Waals surface area contributed by atoms with Gasteiger partial charge in [-0.05, 0) is 43.2 Å². The van der Waals surface area contributed by atoms with Crippen LogP contribution < -0.4 is 5.32 Å². The zero-order valence-electron chi connectivity index (χ0n) is 13.1. The van der Waals surface area contributed by atoms with Crippen molar-refractivity contribution in [1.82, 2.24) is 5.32 Å². The average Bonchev–Trinajstić information content (AvgIpc) is 2.98. The van der Waals surface area contributed by atoms with Gasteiger partial charge in [0.1, 0.15) is 0 Å². The molecule has 20 heavy (non-hydrogen) atoms. The quantitative estimate of drug-likeness (QED) is 0.817. The van der Waals surface area contributed by atoms with Crippen LogP contribution in [0.3, 0.4) is 0 Å². The molecule has 112 valence electrons. The van der Waals surface area contributed by atoms with Crippen molar-refractivity contribution in [2.45, 2.75) is 77.0 Å². The summed E-state index contributed by atoms with van der Waals surface area (Å²) in [5.74, 6) is 0.593. The summed E-state index contributed by atoms with van der Waals surface area (Å²) in [4.78, 5) is 0. The molecule has 3 unspecified atom stereocenters. The maximum Gasteiger partial charge on any atom is 0.0940 e. The molecule has 1 saturated carbocycles. The first-order valence-corrected chi connectivity index (χ1v) is 8.15. The Hall–Kier alpha value is -0.860. The van der Waals surface area contributed by atoms with Crippen LogP contribution in [0, 0.1) is 0 Å². The highest BCUT2D eigenvalue weighted by Crippen LogP contribution is 2.24. The molecule has 3 atom stereocenters. The summed E-state index contributed by atoms with van der Waals surface area (Å²) in [7, 11) is 0. The lowest BCUT2D eigenvalue weighted by Gasteiger charge is -2.24. The lowest BCUT2D eigenvalue weighted by Crippen LogP contribution is -2.38. The third-order valence-corrected chi connectivity index (χ3v) is 4.79. The number of hydrogen-bond acceptors (Lipinski definition) is 2. The van der Waals surface area contributed by atoms with Gasteiger partial charge in [-0.25, -0.2) is 0 Å². The molecule has 1 aromatic carbocycles. The molecule has 0 aromatic heterocycles. The fourth-order valence-electron chi connectivity index (χ4n) is 3.10. The topological polar surface area (TPSA) is 32.3 Å². The summed E-state index contributed by atoms with van der Waals surface area (Å²) in [6.45, 7) is 6.54. The largest absolute Gasteiger partial charge is 0.387 e. The van der Waals surface area contributed by atoms with Gasteiger partial charge in [-0.3, -0.25) is 0 Å². The molecule has 1 aliphatic carbocycles. The average molecular weight is 275 g/mol. The van der Waals surface area contributed by atoms with Gasteiger partial charge in [-0.15, -0.1) is 0 Å². The molecule has 1 fully saturated rings. The molecule has 0 heterocycles. The Kier molecular flexibility index (Phi) is 5.62. The van der Waals surface area contributed by atoms with E-state index in [1.807, 2.05) is 0 Å². The van der Waals surface area contributed by atoms with Crippen LogP contribution in [0.4, 0.5) is 0 Å². The Morgan fingerprint density at radius 2 is 1.65 bits per heavy atom. The Morgan fingerprint density at radius 3 is 2.20 bits per heavy atom. The van der Waals surface area contributed by atoms with Gasteiger partial charge < -0.3 is 10.4 Å². The van der Waals surface area contributed by atoms with Crippen LogP contribution in [-0.4, -0.2) is 17.2 Å². The first-order valence-electron chi connectivity index (χ1n) is 8.15. The Morgan fingerprint density at radius 1 is 1.10 bits per heavy atom. The van der Waals surface area contributed by atoms with E-state index in [-0.39, 0.29) is 6.04 Å². The Balaban J connectivity index is 1.95. The molecule has 0 bridgehead atoms. The van der Waals surface area contributed by atoms with Crippen molar-refractivity contribution in [1.29, 1.82) is 0 Å². The molecule has 0 radical (unpaired) electrons. The first kappa shape index (κ1) is 15.5. The van der Waals surface area contributed by atoms with E-state index in [0.29, 0.717) is 12.0 Å². The van der Waals surface area contributed by atoms with Crippen molar-refractivity contribution < 1.29 is 5.11 Å². The van der Waals surface area contributed by atoms with Gasteiger partial charge in [0, 0.05) is 12.1 Å². The molecule has 1 aliphatic rings.